The van der Waals surface area contributed by atoms with E-state index in [0.717, 1.165) is 34.7 Å². The predicted molar refractivity (Wildman–Crippen MR) is 222 cm³/mol. The van der Waals surface area contributed by atoms with Crippen LogP contribution >= 0.6 is 23.1 Å². The van der Waals surface area contributed by atoms with Crippen LogP contribution in [0.2, 0.25) is 0 Å². The van der Waals surface area contributed by atoms with Crippen LogP contribution < -0.4 is 16.0 Å². The van der Waals surface area contributed by atoms with Crippen molar-refractivity contribution in [2.75, 3.05) is 43.9 Å². The number of aliphatic carboxylic acids is 1. The van der Waals surface area contributed by atoms with E-state index in [1.165, 1.54) is 30.0 Å². The number of azide groups is 1. The van der Waals surface area contributed by atoms with E-state index in [1.54, 1.807) is 5.38 Å². The quantitative estimate of drug-likeness (QED) is 0.0120. The van der Waals surface area contributed by atoms with Gasteiger partial charge in [-0.15, -0.1) is 23.1 Å². The van der Waals surface area contributed by atoms with Gasteiger partial charge < -0.3 is 30.6 Å². The van der Waals surface area contributed by atoms with Crippen LogP contribution in [0.5, 0.6) is 0 Å². The van der Waals surface area contributed by atoms with Crippen molar-refractivity contribution in [3.63, 3.8) is 0 Å². The van der Waals surface area contributed by atoms with Crippen LogP contribution in [0.3, 0.4) is 0 Å². The van der Waals surface area contributed by atoms with Crippen molar-refractivity contribution in [3.05, 3.63) is 140 Å². The molecule has 0 aliphatic carbocycles. The van der Waals surface area contributed by atoms with Crippen molar-refractivity contribution in [3.8, 4) is 0 Å². The summed E-state index contributed by atoms with van der Waals surface area (Å²) < 4.78 is 5.00. The number of carbonyl (C=O) groups is 4. The molecule has 2 aliphatic heterocycles. The Morgan fingerprint density at radius 3 is 2.07 bits per heavy atom. The number of anilines is 1. The zero-order valence-electron chi connectivity index (χ0n) is 32.0. The van der Waals surface area contributed by atoms with E-state index in [0.29, 0.717) is 5.13 Å². The number of hydrogen-bond donors (Lipinski definition) is 4. The smallest absolute Gasteiger partial charge is 0.352 e. The number of fused-ring (bicyclic) bond motifs is 1. The molecule has 1 aromatic heterocycles. The zero-order valence-corrected chi connectivity index (χ0v) is 33.7. The lowest BCUT2D eigenvalue weighted by atomic mass is 9.77. The van der Waals surface area contributed by atoms with Gasteiger partial charge in [0.05, 0.1) is 6.54 Å². The highest BCUT2D eigenvalue weighted by Gasteiger charge is 2.54. The van der Waals surface area contributed by atoms with Crippen LogP contribution in [-0.2, 0) is 34.3 Å². The van der Waals surface area contributed by atoms with Crippen LogP contribution in [-0.4, -0.2) is 94.5 Å². The molecule has 58 heavy (non-hydrogen) atoms. The summed E-state index contributed by atoms with van der Waals surface area (Å²) in [5.74, 6) is -3.24. The van der Waals surface area contributed by atoms with Crippen molar-refractivity contribution >= 4 is 57.7 Å². The number of benzene rings is 3. The van der Waals surface area contributed by atoms with Gasteiger partial charge in [-0.25, -0.2) is 9.78 Å². The van der Waals surface area contributed by atoms with Crippen molar-refractivity contribution in [1.82, 2.24) is 20.5 Å². The van der Waals surface area contributed by atoms with Gasteiger partial charge in [0.15, 0.2) is 10.8 Å². The Bertz CT molecular complexity index is 2060. The predicted octanol–water partition coefficient (Wildman–Crippen LogP) is 5.50. The average molecular weight is 826 g/mol. The maximum atomic E-state index is 13.9. The van der Waals surface area contributed by atoms with E-state index in [4.69, 9.17) is 20.1 Å². The maximum absolute atomic E-state index is 13.9. The first-order chi connectivity index (χ1) is 28.2. The molecule has 2 aliphatic rings. The molecule has 18 heteroatoms. The standard InChI is InChI=1S/C36H32N8O7S2.C4H11N/c1-22(45)50-19-23-20-52-33-29(32(47)44(33)30(23)34(48)49)40-31(46)28(42-51-18-17-38-43-37)27-21-53-35(39-27)41-36(24-11-5-2-6-12-24,25-13-7-3-8-14-25)26-15-9-4-10-16-26;1-3-5-4-2/h2-16,21,29,33H,17-20H2,1H3,(H,39,41)(H,40,46)(H,48,49);5H,3-4H2,1-2H3/t29?,33-;/m1./s1. The number of amides is 2. The molecule has 4 aromatic rings. The van der Waals surface area contributed by atoms with Crippen molar-refractivity contribution in [2.24, 2.45) is 10.3 Å². The molecular weight excluding hydrogens is 783 g/mol. The minimum atomic E-state index is -1.36. The van der Waals surface area contributed by atoms with Gasteiger partial charge in [-0.1, -0.05) is 115 Å². The molecule has 1 fully saturated rings. The summed E-state index contributed by atoms with van der Waals surface area (Å²) in [6.07, 6.45) is 0. The third-order valence-corrected chi connectivity index (χ3v) is 11.0. The molecule has 4 N–H and O–H groups in total. The number of carboxylic acid groups (broad SMARTS) is 1. The maximum Gasteiger partial charge on any atom is 0.352 e. The number of β-lactam (4-membered cyclic amide) rings is 1. The number of hydrogen-bond acceptors (Lipinski definition) is 13. The summed E-state index contributed by atoms with van der Waals surface area (Å²) in [7, 11) is 0. The lowest BCUT2D eigenvalue weighted by molar-refractivity contribution is -0.150. The first kappa shape index (κ1) is 42.9. The van der Waals surface area contributed by atoms with Gasteiger partial charge in [-0.05, 0) is 35.3 Å². The fourth-order valence-corrected chi connectivity index (χ4v) is 8.34. The summed E-state index contributed by atoms with van der Waals surface area (Å²) in [4.78, 5) is 64.6. The van der Waals surface area contributed by atoms with Gasteiger partial charge in [0, 0.05) is 28.5 Å². The average Bonchev–Trinajstić information content (AvgIpc) is 3.71. The fraction of sp³-hybridized carbons (Fsp3) is 0.300. The summed E-state index contributed by atoms with van der Waals surface area (Å²) in [5, 5.41) is 28.1. The van der Waals surface area contributed by atoms with Crippen molar-refractivity contribution < 1.29 is 33.9 Å². The van der Waals surface area contributed by atoms with E-state index >= 15 is 0 Å². The Kier molecular flexibility index (Phi) is 15.4. The van der Waals surface area contributed by atoms with Crippen molar-refractivity contribution in [1.29, 1.82) is 0 Å². The number of thiazole rings is 1. The lowest BCUT2D eigenvalue weighted by Gasteiger charge is -2.49. The molecule has 2 atom stereocenters. The number of carboxylic acids is 1. The van der Waals surface area contributed by atoms with Crippen LogP contribution in [0.1, 0.15) is 43.2 Å². The van der Waals surface area contributed by atoms with E-state index in [1.807, 2.05) is 91.0 Å². The first-order valence-corrected chi connectivity index (χ1v) is 20.2. The monoisotopic (exact) mass is 825 g/mol. The Morgan fingerprint density at radius 1 is 0.983 bits per heavy atom. The Balaban J connectivity index is 0.00000121. The van der Waals surface area contributed by atoms with E-state index in [9.17, 15) is 24.3 Å². The molecule has 0 spiro atoms. The second-order valence-corrected chi connectivity index (χ2v) is 14.6. The second-order valence-electron chi connectivity index (χ2n) is 12.6. The first-order valence-electron chi connectivity index (χ1n) is 18.3. The molecule has 1 unspecified atom stereocenters. The number of carbonyl (C=O) groups excluding carboxylic acids is 3. The molecule has 16 nitrogen and oxygen atoms in total. The molecule has 6 rings (SSSR count). The highest BCUT2D eigenvalue weighted by Crippen LogP contribution is 2.42. The van der Waals surface area contributed by atoms with Crippen LogP contribution in [0.15, 0.2) is 118 Å². The number of nitrogens with one attached hydrogen (secondary N) is 3. The number of esters is 1. The zero-order chi connectivity index (χ0) is 41.5. The van der Waals surface area contributed by atoms with E-state index in [2.05, 4.69) is 45.0 Å². The summed E-state index contributed by atoms with van der Waals surface area (Å²) >= 11 is 2.45. The van der Waals surface area contributed by atoms with Gasteiger partial charge in [0.2, 0.25) is 0 Å². The highest BCUT2D eigenvalue weighted by molar-refractivity contribution is 8.00. The molecule has 3 heterocycles. The van der Waals surface area contributed by atoms with Crippen molar-refractivity contribution in [2.45, 2.75) is 37.7 Å². The summed E-state index contributed by atoms with van der Waals surface area (Å²) in [6.45, 7) is 7.12. The van der Waals surface area contributed by atoms with Gasteiger partial charge in [-0.2, -0.15) is 0 Å². The Morgan fingerprint density at radius 2 is 1.57 bits per heavy atom. The van der Waals surface area contributed by atoms with E-state index in [-0.39, 0.29) is 48.2 Å². The molecule has 1 saturated heterocycles. The number of aromatic nitrogens is 1. The summed E-state index contributed by atoms with van der Waals surface area (Å²) in [6, 6.07) is 28.6. The normalized spacial score (nSPS) is 16.1. The molecule has 3 aromatic carbocycles. The SMILES string of the molecule is CC(=O)OCC1=C(C(=O)O)N2C(=O)C(NC(=O)C(=NOCCN=[N+]=[N-])c3csc(NC(c4ccccc4)(c4ccccc4)c4ccccc4)n3)[C@H]2SC1.CCNCC. The molecule has 0 bridgehead atoms. The lowest BCUT2D eigenvalue weighted by Crippen LogP contribution is -2.71. The van der Waals surface area contributed by atoms with Gasteiger partial charge >= 0.3 is 11.9 Å². The number of nitrogens with zero attached hydrogens (tertiary/aromatic N) is 6. The molecule has 302 valence electrons. The van der Waals surface area contributed by atoms with Gasteiger partial charge in [0.1, 0.15) is 41.6 Å². The molecular formula is C40H43N9O7S2. The largest absolute Gasteiger partial charge is 0.477 e. The molecule has 0 radical (unpaired) electrons. The third-order valence-electron chi connectivity index (χ3n) is 8.86. The minimum absolute atomic E-state index is 0.0543. The fourth-order valence-electron chi connectivity index (χ4n) is 6.27. The topological polar surface area (TPSA) is 220 Å². The third kappa shape index (κ3) is 10.0. The van der Waals surface area contributed by atoms with Gasteiger partial charge in [-0.3, -0.25) is 19.3 Å². The summed E-state index contributed by atoms with van der Waals surface area (Å²) in [5.41, 5.74) is 10.4. The van der Waals surface area contributed by atoms with Gasteiger partial charge in [0.25, 0.3) is 11.8 Å². The number of thioether (sulfide) groups is 1. The molecule has 0 saturated carbocycles. The number of rotatable bonds is 17. The number of oxime groups is 1. The molecule has 2 amide bonds. The Hall–Kier alpha value is -6.20. The minimum Gasteiger partial charge on any atom is -0.477 e. The van der Waals surface area contributed by atoms with E-state index < -0.39 is 40.7 Å². The second kappa shape index (κ2) is 20.8. The highest BCUT2D eigenvalue weighted by atomic mass is 32.2. The van der Waals surface area contributed by atoms with Crippen LogP contribution in [0.25, 0.3) is 10.4 Å². The van der Waals surface area contributed by atoms with Crippen LogP contribution in [0, 0.1) is 0 Å². The number of ether oxygens (including phenoxy) is 1. The van der Waals surface area contributed by atoms with Crippen LogP contribution in [0.4, 0.5) is 5.13 Å². The Labute approximate surface area is 343 Å².